The zero-order valence-electron chi connectivity index (χ0n) is 11.0. The number of ether oxygens (including phenoxy) is 1. The first-order chi connectivity index (χ1) is 7.41. The lowest BCUT2D eigenvalue weighted by Gasteiger charge is -2.39. The van der Waals surface area contributed by atoms with Gasteiger partial charge in [-0.25, -0.2) is 4.79 Å². The van der Waals surface area contributed by atoms with Crippen LogP contribution in [0.3, 0.4) is 0 Å². The maximum Gasteiger partial charge on any atom is 0.411 e. The number of nitrogens with zero attached hydrogens (tertiary/aromatic N) is 1. The van der Waals surface area contributed by atoms with Gasteiger partial charge in [-0.1, -0.05) is 27.7 Å². The van der Waals surface area contributed by atoms with E-state index in [1.54, 1.807) is 0 Å². The summed E-state index contributed by atoms with van der Waals surface area (Å²) in [7, 11) is 0. The van der Waals surface area contributed by atoms with Gasteiger partial charge in [-0.05, 0) is 31.6 Å². The molecule has 2 aliphatic heterocycles. The molecule has 0 aliphatic carbocycles. The highest BCUT2D eigenvalue weighted by molar-refractivity contribution is 5.72. The Morgan fingerprint density at radius 1 is 1.25 bits per heavy atom. The van der Waals surface area contributed by atoms with Gasteiger partial charge in [-0.3, -0.25) is 4.90 Å². The number of carbonyl (C=O) groups is 1. The smallest absolute Gasteiger partial charge is 0.411 e. The lowest BCUT2D eigenvalue weighted by atomic mass is 9.74. The fourth-order valence-corrected chi connectivity index (χ4v) is 3.68. The fraction of sp³-hybridized carbons (Fsp3) is 0.923. The lowest BCUT2D eigenvalue weighted by Crippen LogP contribution is -2.51. The first kappa shape index (κ1) is 11.7. The summed E-state index contributed by atoms with van der Waals surface area (Å²) in [6.07, 6.45) is 2.10. The van der Waals surface area contributed by atoms with E-state index in [1.165, 1.54) is 0 Å². The van der Waals surface area contributed by atoms with Gasteiger partial charge in [0.1, 0.15) is 5.60 Å². The van der Waals surface area contributed by atoms with E-state index in [4.69, 9.17) is 4.74 Å². The van der Waals surface area contributed by atoms with Crippen molar-refractivity contribution in [1.29, 1.82) is 0 Å². The molecule has 0 spiro atoms. The number of cyclic esters (lactones) is 1. The fourth-order valence-electron chi connectivity index (χ4n) is 3.68. The number of rotatable bonds is 2. The van der Waals surface area contributed by atoms with Crippen LogP contribution in [0.5, 0.6) is 0 Å². The minimum Gasteiger partial charge on any atom is -0.440 e. The van der Waals surface area contributed by atoms with Crippen molar-refractivity contribution in [3.8, 4) is 0 Å². The van der Waals surface area contributed by atoms with Crippen molar-refractivity contribution in [3.05, 3.63) is 0 Å². The average molecular weight is 225 g/mol. The second-order valence-electron chi connectivity index (χ2n) is 5.88. The van der Waals surface area contributed by atoms with Crippen molar-refractivity contribution < 1.29 is 9.53 Å². The van der Waals surface area contributed by atoms with Crippen molar-refractivity contribution in [2.45, 2.75) is 65.1 Å². The van der Waals surface area contributed by atoms with Crippen LogP contribution in [0.1, 0.15) is 47.5 Å². The molecule has 3 heteroatoms. The first-order valence-corrected chi connectivity index (χ1v) is 6.42. The maximum absolute atomic E-state index is 12.0. The number of amides is 1. The van der Waals surface area contributed by atoms with Crippen LogP contribution in [0.2, 0.25) is 0 Å². The molecule has 0 aromatic rings. The Kier molecular flexibility index (Phi) is 2.67. The van der Waals surface area contributed by atoms with Gasteiger partial charge in [0.2, 0.25) is 0 Å². The van der Waals surface area contributed by atoms with E-state index in [9.17, 15) is 4.79 Å². The van der Waals surface area contributed by atoms with E-state index in [2.05, 4.69) is 34.6 Å². The van der Waals surface area contributed by atoms with Gasteiger partial charge in [0.15, 0.2) is 0 Å². The van der Waals surface area contributed by atoms with Crippen LogP contribution in [-0.4, -0.2) is 28.7 Å². The zero-order chi connectivity index (χ0) is 12.1. The molecule has 0 radical (unpaired) electrons. The standard InChI is InChI=1S/C13H23NO2/c1-8(2)13(9(3)4)11-7-6-10(5)14(11)12(15)16-13/h8-11H,6-7H2,1-5H3. The monoisotopic (exact) mass is 225 g/mol. The molecule has 0 bridgehead atoms. The number of fused-ring (bicyclic) bond motifs is 1. The summed E-state index contributed by atoms with van der Waals surface area (Å²) in [4.78, 5) is 14.0. The van der Waals surface area contributed by atoms with E-state index in [-0.39, 0.29) is 17.7 Å². The highest BCUT2D eigenvalue weighted by atomic mass is 16.6. The van der Waals surface area contributed by atoms with Gasteiger partial charge in [0, 0.05) is 6.04 Å². The molecule has 92 valence electrons. The summed E-state index contributed by atoms with van der Waals surface area (Å²) in [6, 6.07) is 0.631. The van der Waals surface area contributed by atoms with Gasteiger partial charge in [-0.15, -0.1) is 0 Å². The molecule has 2 heterocycles. The van der Waals surface area contributed by atoms with Crippen LogP contribution < -0.4 is 0 Å². The Hall–Kier alpha value is -0.730. The molecule has 2 aliphatic rings. The molecule has 2 unspecified atom stereocenters. The summed E-state index contributed by atoms with van der Waals surface area (Å²) in [5, 5.41) is 0. The number of carbonyl (C=O) groups excluding carboxylic acids is 1. The average Bonchev–Trinajstić information content (AvgIpc) is 2.68. The lowest BCUT2D eigenvalue weighted by molar-refractivity contribution is -0.0440. The second kappa shape index (κ2) is 3.64. The Bertz CT molecular complexity index is 290. The van der Waals surface area contributed by atoms with Gasteiger partial charge in [0.25, 0.3) is 0 Å². The summed E-state index contributed by atoms with van der Waals surface area (Å²) in [5.41, 5.74) is -0.276. The number of hydrogen-bond acceptors (Lipinski definition) is 2. The molecule has 3 nitrogen and oxygen atoms in total. The van der Waals surface area contributed by atoms with E-state index in [0.717, 1.165) is 12.8 Å². The minimum absolute atomic E-state index is 0.0996. The largest absolute Gasteiger partial charge is 0.440 e. The Morgan fingerprint density at radius 3 is 2.31 bits per heavy atom. The molecule has 2 rings (SSSR count). The van der Waals surface area contributed by atoms with Crippen LogP contribution in [-0.2, 0) is 4.74 Å². The summed E-state index contributed by atoms with van der Waals surface area (Å²) < 4.78 is 5.80. The predicted octanol–water partition coefficient (Wildman–Crippen LogP) is 3.04. The molecule has 16 heavy (non-hydrogen) atoms. The van der Waals surface area contributed by atoms with Gasteiger partial charge < -0.3 is 4.74 Å². The predicted molar refractivity (Wildman–Crippen MR) is 63.2 cm³/mol. The van der Waals surface area contributed by atoms with Crippen molar-refractivity contribution >= 4 is 6.09 Å². The van der Waals surface area contributed by atoms with Crippen LogP contribution >= 0.6 is 0 Å². The van der Waals surface area contributed by atoms with E-state index in [1.807, 2.05) is 4.90 Å². The second-order valence-corrected chi connectivity index (χ2v) is 5.88. The molecular weight excluding hydrogens is 202 g/mol. The normalized spacial score (nSPS) is 32.4. The van der Waals surface area contributed by atoms with Gasteiger partial charge in [-0.2, -0.15) is 0 Å². The van der Waals surface area contributed by atoms with Crippen LogP contribution in [0.4, 0.5) is 4.79 Å². The third-order valence-corrected chi connectivity index (χ3v) is 4.47. The van der Waals surface area contributed by atoms with Gasteiger partial charge >= 0.3 is 6.09 Å². The van der Waals surface area contributed by atoms with Gasteiger partial charge in [0.05, 0.1) is 6.04 Å². The highest BCUT2D eigenvalue weighted by Crippen LogP contribution is 2.47. The van der Waals surface area contributed by atoms with Crippen LogP contribution in [0.25, 0.3) is 0 Å². The maximum atomic E-state index is 12.0. The molecular formula is C13H23NO2. The molecule has 2 fully saturated rings. The minimum atomic E-state index is -0.276. The van der Waals surface area contributed by atoms with E-state index in [0.29, 0.717) is 17.9 Å². The van der Waals surface area contributed by atoms with Crippen molar-refractivity contribution in [1.82, 2.24) is 4.90 Å². The third kappa shape index (κ3) is 1.30. The van der Waals surface area contributed by atoms with E-state index < -0.39 is 0 Å². The Labute approximate surface area is 98.1 Å². The first-order valence-electron chi connectivity index (χ1n) is 6.42. The van der Waals surface area contributed by atoms with Crippen LogP contribution in [0, 0.1) is 11.8 Å². The Morgan fingerprint density at radius 2 is 1.81 bits per heavy atom. The number of hydrogen-bond donors (Lipinski definition) is 0. The molecule has 0 aromatic heterocycles. The molecule has 0 aromatic carbocycles. The SMILES string of the molecule is CC1CCC2N1C(=O)OC2(C(C)C)C(C)C. The van der Waals surface area contributed by atoms with Crippen molar-refractivity contribution in [3.63, 3.8) is 0 Å². The Balaban J connectivity index is 2.39. The van der Waals surface area contributed by atoms with E-state index >= 15 is 0 Å². The summed E-state index contributed by atoms with van der Waals surface area (Å²) in [5.74, 6) is 0.744. The van der Waals surface area contributed by atoms with Crippen LogP contribution in [0.15, 0.2) is 0 Å². The molecule has 2 atom stereocenters. The summed E-state index contributed by atoms with van der Waals surface area (Å²) >= 11 is 0. The third-order valence-electron chi connectivity index (χ3n) is 4.47. The summed E-state index contributed by atoms with van der Waals surface area (Å²) in [6.45, 7) is 10.8. The molecule has 0 saturated carbocycles. The molecule has 1 amide bonds. The topological polar surface area (TPSA) is 29.5 Å². The highest BCUT2D eigenvalue weighted by Gasteiger charge is 2.60. The quantitative estimate of drug-likeness (QED) is 0.723. The zero-order valence-corrected chi connectivity index (χ0v) is 11.0. The van der Waals surface area contributed by atoms with Crippen molar-refractivity contribution in [2.75, 3.05) is 0 Å². The molecule has 2 saturated heterocycles. The molecule has 0 N–H and O–H groups in total. The van der Waals surface area contributed by atoms with Crippen molar-refractivity contribution in [2.24, 2.45) is 11.8 Å².